The summed E-state index contributed by atoms with van der Waals surface area (Å²) < 4.78 is 38.5. The zero-order valence-electron chi connectivity index (χ0n) is 11.2. The minimum absolute atomic E-state index is 0.187. The highest BCUT2D eigenvalue weighted by molar-refractivity contribution is 6.30. The van der Waals surface area contributed by atoms with Crippen LogP contribution in [0.3, 0.4) is 0 Å². The molecule has 21 heavy (non-hydrogen) atoms. The van der Waals surface area contributed by atoms with Gasteiger partial charge < -0.3 is 11.1 Å². The lowest BCUT2D eigenvalue weighted by Gasteiger charge is -2.18. The molecule has 6 heteroatoms. The molecule has 0 aliphatic rings. The average Bonchev–Trinajstić information content (AvgIpc) is 2.39. The van der Waals surface area contributed by atoms with Crippen molar-refractivity contribution in [1.29, 1.82) is 0 Å². The van der Waals surface area contributed by atoms with Gasteiger partial charge in [0.05, 0.1) is 5.56 Å². The van der Waals surface area contributed by atoms with Gasteiger partial charge in [-0.25, -0.2) is 0 Å². The molecule has 0 fully saturated rings. The summed E-state index contributed by atoms with van der Waals surface area (Å²) in [4.78, 5) is 0. The first-order valence-electron chi connectivity index (χ1n) is 6.26. The van der Waals surface area contributed by atoms with E-state index >= 15 is 0 Å². The van der Waals surface area contributed by atoms with Crippen molar-refractivity contribution >= 4 is 23.0 Å². The summed E-state index contributed by atoms with van der Waals surface area (Å²) in [6.45, 7) is 1.84. The van der Waals surface area contributed by atoms with Crippen molar-refractivity contribution in [2.75, 3.05) is 11.1 Å². The standard InChI is InChI=1S/C15H14ClF3N2/c1-9(10-3-2-4-11(16)7-10)21-12-5-6-14(20)13(8-12)15(17,18)19/h2-9,21H,20H2,1H3. The van der Waals surface area contributed by atoms with E-state index < -0.39 is 11.7 Å². The minimum Gasteiger partial charge on any atom is -0.398 e. The summed E-state index contributed by atoms with van der Waals surface area (Å²) in [5.41, 5.74) is 5.48. The third-order valence-electron chi connectivity index (χ3n) is 3.09. The zero-order chi connectivity index (χ0) is 15.6. The van der Waals surface area contributed by atoms with Crippen LogP contribution in [-0.2, 0) is 6.18 Å². The molecule has 2 aromatic carbocycles. The molecule has 2 aromatic rings. The van der Waals surface area contributed by atoms with Gasteiger partial charge in [0.25, 0.3) is 0 Å². The number of rotatable bonds is 3. The van der Waals surface area contributed by atoms with Crippen LogP contribution in [0.1, 0.15) is 24.1 Å². The molecule has 2 rings (SSSR count). The van der Waals surface area contributed by atoms with E-state index in [0.717, 1.165) is 11.6 Å². The van der Waals surface area contributed by atoms with Crippen LogP contribution in [-0.4, -0.2) is 0 Å². The van der Waals surface area contributed by atoms with Crippen molar-refractivity contribution in [1.82, 2.24) is 0 Å². The number of hydrogen-bond acceptors (Lipinski definition) is 2. The average molecular weight is 315 g/mol. The highest BCUT2D eigenvalue weighted by Crippen LogP contribution is 2.35. The molecule has 0 bridgehead atoms. The lowest BCUT2D eigenvalue weighted by Crippen LogP contribution is -2.11. The summed E-state index contributed by atoms with van der Waals surface area (Å²) in [5, 5.41) is 3.59. The third kappa shape index (κ3) is 3.82. The number of benzene rings is 2. The van der Waals surface area contributed by atoms with Crippen LogP contribution in [0.5, 0.6) is 0 Å². The monoisotopic (exact) mass is 314 g/mol. The van der Waals surface area contributed by atoms with Crippen molar-refractivity contribution in [3.8, 4) is 0 Å². The predicted molar refractivity (Wildman–Crippen MR) is 79.3 cm³/mol. The maximum Gasteiger partial charge on any atom is 0.418 e. The molecular weight excluding hydrogens is 301 g/mol. The van der Waals surface area contributed by atoms with E-state index in [1.54, 1.807) is 18.2 Å². The topological polar surface area (TPSA) is 38.0 Å². The molecule has 0 aliphatic heterocycles. The molecule has 1 unspecified atom stereocenters. The number of halogens is 4. The van der Waals surface area contributed by atoms with E-state index in [2.05, 4.69) is 5.32 Å². The van der Waals surface area contributed by atoms with Gasteiger partial charge in [-0.15, -0.1) is 0 Å². The molecular formula is C15H14ClF3N2. The Balaban J connectivity index is 2.24. The van der Waals surface area contributed by atoms with Gasteiger partial charge in [0.1, 0.15) is 0 Å². The number of anilines is 2. The van der Waals surface area contributed by atoms with Crippen molar-refractivity contribution in [3.63, 3.8) is 0 Å². The number of nitrogen functional groups attached to an aromatic ring is 1. The number of alkyl halides is 3. The van der Waals surface area contributed by atoms with E-state index in [-0.39, 0.29) is 11.7 Å². The Kier molecular flexibility index (Phi) is 4.32. The molecule has 2 nitrogen and oxygen atoms in total. The Bertz CT molecular complexity index is 641. The van der Waals surface area contributed by atoms with Crippen molar-refractivity contribution in [2.45, 2.75) is 19.1 Å². The summed E-state index contributed by atoms with van der Waals surface area (Å²) in [7, 11) is 0. The Morgan fingerprint density at radius 2 is 1.86 bits per heavy atom. The highest BCUT2D eigenvalue weighted by atomic mass is 35.5. The van der Waals surface area contributed by atoms with Gasteiger partial charge in [0.2, 0.25) is 0 Å². The lowest BCUT2D eigenvalue weighted by atomic mass is 10.1. The SMILES string of the molecule is CC(Nc1ccc(N)c(C(F)(F)F)c1)c1cccc(Cl)c1. The lowest BCUT2D eigenvalue weighted by molar-refractivity contribution is -0.136. The molecule has 0 heterocycles. The van der Waals surface area contributed by atoms with E-state index in [0.29, 0.717) is 10.7 Å². The molecule has 0 saturated heterocycles. The summed E-state index contributed by atoms with van der Waals surface area (Å²) in [5.74, 6) is 0. The number of nitrogens with one attached hydrogen (secondary N) is 1. The molecule has 0 aromatic heterocycles. The molecule has 3 N–H and O–H groups in total. The summed E-state index contributed by atoms with van der Waals surface area (Å²) in [6, 6.07) is 10.7. The first-order valence-corrected chi connectivity index (χ1v) is 6.64. The molecule has 0 spiro atoms. The van der Waals surface area contributed by atoms with Gasteiger partial charge in [-0.2, -0.15) is 13.2 Å². The van der Waals surface area contributed by atoms with Crippen molar-refractivity contribution < 1.29 is 13.2 Å². The van der Waals surface area contributed by atoms with Gasteiger partial charge in [0, 0.05) is 22.4 Å². The van der Waals surface area contributed by atoms with Gasteiger partial charge in [-0.1, -0.05) is 23.7 Å². The normalized spacial score (nSPS) is 13.0. The zero-order valence-corrected chi connectivity index (χ0v) is 12.0. The quantitative estimate of drug-likeness (QED) is 0.772. The van der Waals surface area contributed by atoms with Crippen LogP contribution < -0.4 is 11.1 Å². The maximum absolute atomic E-state index is 12.8. The fourth-order valence-electron chi connectivity index (χ4n) is 2.00. The molecule has 1 atom stereocenters. The van der Waals surface area contributed by atoms with Crippen LogP contribution in [0.4, 0.5) is 24.5 Å². The second-order valence-corrected chi connectivity index (χ2v) is 5.16. The first-order chi connectivity index (χ1) is 9.77. The van der Waals surface area contributed by atoms with Crippen LogP contribution in [0, 0.1) is 0 Å². The molecule has 0 aliphatic carbocycles. The summed E-state index contributed by atoms with van der Waals surface area (Å²) >= 11 is 5.90. The van der Waals surface area contributed by atoms with Crippen LogP contribution >= 0.6 is 11.6 Å². The van der Waals surface area contributed by atoms with Gasteiger partial charge in [0.15, 0.2) is 0 Å². The van der Waals surface area contributed by atoms with Gasteiger partial charge in [-0.3, -0.25) is 0 Å². The van der Waals surface area contributed by atoms with Gasteiger partial charge >= 0.3 is 6.18 Å². The Hall–Kier alpha value is -1.88. The Morgan fingerprint density at radius 1 is 1.14 bits per heavy atom. The Morgan fingerprint density at radius 3 is 2.48 bits per heavy atom. The fraction of sp³-hybridized carbons (Fsp3) is 0.200. The van der Waals surface area contributed by atoms with Crippen molar-refractivity contribution in [3.05, 3.63) is 58.6 Å². The molecule has 0 radical (unpaired) electrons. The Labute approximate surface area is 125 Å². The maximum atomic E-state index is 12.8. The van der Waals surface area contributed by atoms with Crippen LogP contribution in [0.25, 0.3) is 0 Å². The van der Waals surface area contributed by atoms with E-state index in [1.165, 1.54) is 12.1 Å². The number of hydrogen-bond donors (Lipinski definition) is 2. The predicted octanol–water partition coefficient (Wildman–Crippen LogP) is 5.11. The van der Waals surface area contributed by atoms with Crippen LogP contribution in [0.15, 0.2) is 42.5 Å². The second kappa shape index (κ2) is 5.85. The molecule has 0 amide bonds. The van der Waals surface area contributed by atoms with E-state index in [4.69, 9.17) is 17.3 Å². The van der Waals surface area contributed by atoms with Gasteiger partial charge in [-0.05, 0) is 42.8 Å². The molecule has 112 valence electrons. The second-order valence-electron chi connectivity index (χ2n) is 4.72. The minimum atomic E-state index is -4.47. The third-order valence-corrected chi connectivity index (χ3v) is 3.33. The molecule has 0 saturated carbocycles. The van der Waals surface area contributed by atoms with E-state index in [1.807, 2.05) is 13.0 Å². The summed E-state index contributed by atoms with van der Waals surface area (Å²) in [6.07, 6.45) is -4.47. The number of nitrogens with two attached hydrogens (primary N) is 1. The highest BCUT2D eigenvalue weighted by Gasteiger charge is 2.33. The van der Waals surface area contributed by atoms with E-state index in [9.17, 15) is 13.2 Å². The fourth-order valence-corrected chi connectivity index (χ4v) is 2.20. The first kappa shape index (κ1) is 15.5. The largest absolute Gasteiger partial charge is 0.418 e. The van der Waals surface area contributed by atoms with Crippen LogP contribution in [0.2, 0.25) is 5.02 Å². The van der Waals surface area contributed by atoms with Crippen molar-refractivity contribution in [2.24, 2.45) is 0 Å². The smallest absolute Gasteiger partial charge is 0.398 e.